The van der Waals surface area contributed by atoms with Crippen LogP contribution in [0.2, 0.25) is 5.02 Å². The van der Waals surface area contributed by atoms with E-state index in [1.165, 1.54) is 29.5 Å². The summed E-state index contributed by atoms with van der Waals surface area (Å²) in [6.45, 7) is 3.70. The van der Waals surface area contributed by atoms with Crippen LogP contribution >= 0.6 is 22.9 Å². The number of hydrogen-bond donors (Lipinski definition) is 2. The van der Waals surface area contributed by atoms with Crippen LogP contribution in [0.25, 0.3) is 0 Å². The zero-order valence-electron chi connectivity index (χ0n) is 10.3. The molecule has 0 aliphatic heterocycles. The molecule has 0 unspecified atom stereocenters. The van der Waals surface area contributed by atoms with Crippen LogP contribution < -0.4 is 10.5 Å². The van der Waals surface area contributed by atoms with Gasteiger partial charge in [-0.05, 0) is 32.0 Å². The molecule has 0 spiro atoms. The van der Waals surface area contributed by atoms with Gasteiger partial charge in [0, 0.05) is 10.6 Å². The quantitative estimate of drug-likeness (QED) is 0.852. The Morgan fingerprint density at radius 2 is 2.05 bits per heavy atom. The average molecular weight is 318 g/mol. The molecule has 1 aromatic heterocycles. The van der Waals surface area contributed by atoms with E-state index in [0.717, 1.165) is 10.6 Å². The van der Waals surface area contributed by atoms with Gasteiger partial charge in [0.2, 0.25) is 0 Å². The molecule has 102 valence electrons. The fraction of sp³-hybridized carbons (Fsp3) is 0.182. The number of hydrogen-bond acceptors (Lipinski definition) is 5. The predicted molar refractivity (Wildman–Crippen MR) is 78.3 cm³/mol. The number of aromatic nitrogens is 1. The van der Waals surface area contributed by atoms with Crippen molar-refractivity contribution in [2.24, 2.45) is 0 Å². The Kier molecular flexibility index (Phi) is 3.71. The molecule has 19 heavy (non-hydrogen) atoms. The van der Waals surface area contributed by atoms with E-state index in [1.807, 2.05) is 13.8 Å². The van der Waals surface area contributed by atoms with Crippen LogP contribution in [0.4, 0.5) is 10.8 Å². The molecule has 0 saturated carbocycles. The van der Waals surface area contributed by atoms with Gasteiger partial charge in [-0.2, -0.15) is 0 Å². The van der Waals surface area contributed by atoms with Crippen molar-refractivity contribution >= 4 is 43.8 Å². The Labute approximate surface area is 120 Å². The third-order valence-electron chi connectivity index (χ3n) is 2.50. The minimum absolute atomic E-state index is 0.0196. The van der Waals surface area contributed by atoms with E-state index in [0.29, 0.717) is 10.8 Å². The zero-order valence-corrected chi connectivity index (χ0v) is 12.7. The Hall–Kier alpha value is -1.31. The molecule has 1 heterocycles. The van der Waals surface area contributed by atoms with Gasteiger partial charge in [-0.15, -0.1) is 11.3 Å². The maximum Gasteiger partial charge on any atom is 0.265 e. The van der Waals surface area contributed by atoms with Gasteiger partial charge in [-0.25, -0.2) is 13.4 Å². The van der Waals surface area contributed by atoms with E-state index in [9.17, 15) is 8.42 Å². The fourth-order valence-corrected chi connectivity index (χ4v) is 4.03. The second-order valence-corrected chi connectivity index (χ2v) is 7.22. The second-order valence-electron chi connectivity index (χ2n) is 3.96. The predicted octanol–water partition coefficient (Wildman–Crippen LogP) is 2.80. The van der Waals surface area contributed by atoms with E-state index >= 15 is 0 Å². The molecule has 8 heteroatoms. The average Bonchev–Trinajstić information content (AvgIpc) is 2.56. The van der Waals surface area contributed by atoms with Gasteiger partial charge in [0.1, 0.15) is 4.90 Å². The van der Waals surface area contributed by atoms with Crippen molar-refractivity contribution in [3.8, 4) is 0 Å². The van der Waals surface area contributed by atoms with E-state index in [4.69, 9.17) is 17.3 Å². The highest BCUT2D eigenvalue weighted by Gasteiger charge is 2.20. The van der Waals surface area contributed by atoms with Crippen molar-refractivity contribution in [3.05, 3.63) is 33.8 Å². The van der Waals surface area contributed by atoms with Gasteiger partial charge in [0.05, 0.1) is 10.7 Å². The first-order chi connectivity index (χ1) is 8.79. The molecule has 0 bridgehead atoms. The molecular weight excluding hydrogens is 306 g/mol. The number of aryl methyl sites for hydroxylation is 2. The van der Waals surface area contributed by atoms with E-state index in [-0.39, 0.29) is 9.92 Å². The van der Waals surface area contributed by atoms with Gasteiger partial charge in [-0.3, -0.25) is 4.72 Å². The third-order valence-corrected chi connectivity index (χ3v) is 5.44. The lowest BCUT2D eigenvalue weighted by atomic mass is 10.3. The van der Waals surface area contributed by atoms with Gasteiger partial charge < -0.3 is 5.73 Å². The number of nitrogens with one attached hydrogen (secondary N) is 1. The normalized spacial score (nSPS) is 11.5. The summed E-state index contributed by atoms with van der Waals surface area (Å²) in [5, 5.41) is 0.403. The van der Waals surface area contributed by atoms with Crippen molar-refractivity contribution in [1.82, 2.24) is 4.98 Å². The molecule has 0 atom stereocenters. The Balaban J connectivity index is 2.37. The molecule has 3 N–H and O–H groups in total. The maximum atomic E-state index is 12.2. The van der Waals surface area contributed by atoms with Gasteiger partial charge >= 0.3 is 0 Å². The molecule has 2 rings (SSSR count). The molecule has 0 aliphatic rings. The number of halogens is 1. The summed E-state index contributed by atoms with van der Waals surface area (Å²) < 4.78 is 26.8. The molecule has 1 aromatic carbocycles. The summed E-state index contributed by atoms with van der Waals surface area (Å²) >= 11 is 7.18. The van der Waals surface area contributed by atoms with Crippen LogP contribution in [-0.2, 0) is 10.0 Å². The molecule has 0 radical (unpaired) electrons. The first-order valence-electron chi connectivity index (χ1n) is 5.31. The summed E-state index contributed by atoms with van der Waals surface area (Å²) in [5.41, 5.74) is 6.74. The van der Waals surface area contributed by atoms with Crippen LogP contribution in [-0.4, -0.2) is 13.4 Å². The Bertz CT molecular complexity index is 706. The van der Waals surface area contributed by atoms with Crippen molar-refractivity contribution in [3.63, 3.8) is 0 Å². The van der Waals surface area contributed by atoms with Crippen LogP contribution in [0.3, 0.4) is 0 Å². The lowest BCUT2D eigenvalue weighted by molar-refractivity contribution is 0.601. The molecule has 0 fully saturated rings. The van der Waals surface area contributed by atoms with E-state index < -0.39 is 10.0 Å². The minimum Gasteiger partial charge on any atom is -0.399 e. The molecule has 0 amide bonds. The third kappa shape index (κ3) is 2.99. The minimum atomic E-state index is -3.75. The van der Waals surface area contributed by atoms with Gasteiger partial charge in [0.15, 0.2) is 5.13 Å². The summed E-state index contributed by atoms with van der Waals surface area (Å²) in [6.07, 6.45) is 0. The Morgan fingerprint density at radius 3 is 2.58 bits per heavy atom. The van der Waals surface area contributed by atoms with Crippen LogP contribution in [0.5, 0.6) is 0 Å². The smallest absolute Gasteiger partial charge is 0.265 e. The monoisotopic (exact) mass is 317 g/mol. The van der Waals surface area contributed by atoms with Crippen LogP contribution in [0.15, 0.2) is 23.1 Å². The summed E-state index contributed by atoms with van der Waals surface area (Å²) in [6, 6.07) is 4.25. The lowest BCUT2D eigenvalue weighted by Gasteiger charge is -2.07. The highest BCUT2D eigenvalue weighted by atomic mass is 35.5. The van der Waals surface area contributed by atoms with Crippen LogP contribution in [0.1, 0.15) is 10.6 Å². The van der Waals surface area contributed by atoms with E-state index in [2.05, 4.69) is 9.71 Å². The molecule has 2 aromatic rings. The van der Waals surface area contributed by atoms with Crippen molar-refractivity contribution < 1.29 is 8.42 Å². The second kappa shape index (κ2) is 4.99. The molecule has 0 saturated heterocycles. The summed E-state index contributed by atoms with van der Waals surface area (Å²) in [7, 11) is -3.75. The first-order valence-corrected chi connectivity index (χ1v) is 7.99. The van der Waals surface area contributed by atoms with Crippen molar-refractivity contribution in [2.75, 3.05) is 10.5 Å². The summed E-state index contributed by atoms with van der Waals surface area (Å²) in [5.74, 6) is 0. The first kappa shape index (κ1) is 14.1. The topological polar surface area (TPSA) is 85.1 Å². The highest BCUT2D eigenvalue weighted by Crippen LogP contribution is 2.28. The van der Waals surface area contributed by atoms with Gasteiger partial charge in [0.25, 0.3) is 10.0 Å². The summed E-state index contributed by atoms with van der Waals surface area (Å²) in [4.78, 5) is 5.07. The standard InChI is InChI=1S/C11H12ClN3O2S2/c1-6-7(2)18-11(14-6)15-19(16,17)10-4-3-8(13)5-9(10)12/h3-5H,13H2,1-2H3,(H,14,15). The highest BCUT2D eigenvalue weighted by molar-refractivity contribution is 7.93. The maximum absolute atomic E-state index is 12.2. The number of benzene rings is 1. The molecule has 5 nitrogen and oxygen atoms in total. The van der Waals surface area contributed by atoms with Gasteiger partial charge in [-0.1, -0.05) is 11.6 Å². The van der Waals surface area contributed by atoms with Crippen molar-refractivity contribution in [1.29, 1.82) is 0 Å². The number of rotatable bonds is 3. The largest absolute Gasteiger partial charge is 0.399 e. The molecular formula is C11H12ClN3O2S2. The number of sulfonamides is 1. The fourth-order valence-electron chi connectivity index (χ4n) is 1.42. The molecule has 0 aliphatic carbocycles. The number of nitrogens with two attached hydrogens (primary N) is 1. The number of thiazole rings is 1. The zero-order chi connectivity index (χ0) is 14.2. The lowest BCUT2D eigenvalue weighted by Crippen LogP contribution is -2.13. The Morgan fingerprint density at radius 1 is 1.37 bits per heavy atom. The number of anilines is 2. The van der Waals surface area contributed by atoms with E-state index in [1.54, 1.807) is 0 Å². The number of nitrogen functional groups attached to an aromatic ring is 1. The van der Waals surface area contributed by atoms with Crippen molar-refractivity contribution in [2.45, 2.75) is 18.7 Å². The SMILES string of the molecule is Cc1nc(NS(=O)(=O)c2ccc(N)cc2Cl)sc1C. The van der Waals surface area contributed by atoms with Crippen LogP contribution in [0, 0.1) is 13.8 Å². The number of nitrogens with zero attached hydrogens (tertiary/aromatic N) is 1.